The van der Waals surface area contributed by atoms with E-state index in [1.807, 2.05) is 0 Å². The summed E-state index contributed by atoms with van der Waals surface area (Å²) in [5.74, 6) is 0. The molecule has 0 unspecified atom stereocenters. The third kappa shape index (κ3) is 16.8. The minimum absolute atomic E-state index is 0. The van der Waals surface area contributed by atoms with Gasteiger partial charge in [-0.05, 0) is 0 Å². The molecule has 46 valence electrons. The Balaban J connectivity index is -0.000000125. The van der Waals surface area contributed by atoms with E-state index in [2.05, 4.69) is 11.9 Å². The van der Waals surface area contributed by atoms with Crippen LogP contribution in [0.1, 0.15) is 6.92 Å². The van der Waals surface area contributed by atoms with Gasteiger partial charge < -0.3 is 14.4 Å². The zero-order chi connectivity index (χ0) is 4.99. The minimum atomic E-state index is 0. The molecule has 0 heterocycles. The smallest absolute Gasteiger partial charge is 0.361 e. The van der Waals surface area contributed by atoms with Gasteiger partial charge in [-0.2, -0.15) is 0 Å². The minimum Gasteiger partial charge on any atom is -0.361 e. The van der Waals surface area contributed by atoms with Crippen LogP contribution in [0.2, 0.25) is 0 Å². The molecular formula is C5H9NOW. The van der Waals surface area contributed by atoms with Gasteiger partial charge in [0.25, 0.3) is 0 Å². The SMILES string of the molecule is [CH2-]C(C)=NC=O.[CH3-].[W+2]. The molecule has 0 aliphatic heterocycles. The summed E-state index contributed by atoms with van der Waals surface area (Å²) < 4.78 is 0. The number of aliphatic imine (C=N–C) groups is 1. The molecule has 3 heteroatoms. The fraction of sp³-hybridized carbons (Fsp3) is 0.200. The van der Waals surface area contributed by atoms with Crippen molar-refractivity contribution >= 4 is 12.1 Å². The fourth-order valence-electron chi connectivity index (χ4n) is 0.0900. The number of amides is 1. The van der Waals surface area contributed by atoms with E-state index in [9.17, 15) is 4.79 Å². The monoisotopic (exact) mass is 283 g/mol. The van der Waals surface area contributed by atoms with Gasteiger partial charge in [0, 0.05) is 0 Å². The summed E-state index contributed by atoms with van der Waals surface area (Å²) in [6.07, 6.45) is 0.475. The molecule has 0 fully saturated rings. The molecule has 1 amide bonds. The number of carbonyl (C=O) groups excluding carboxylic acids is 1. The second-order valence-electron chi connectivity index (χ2n) is 0.970. The van der Waals surface area contributed by atoms with Crippen molar-refractivity contribution < 1.29 is 25.9 Å². The molecule has 0 atom stereocenters. The molecule has 0 aliphatic rings. The van der Waals surface area contributed by atoms with E-state index in [1.54, 1.807) is 6.92 Å². The molecule has 0 aromatic carbocycles. The summed E-state index contributed by atoms with van der Waals surface area (Å²) in [5.41, 5.74) is 0.546. The fourth-order valence-corrected chi connectivity index (χ4v) is 0.0900. The van der Waals surface area contributed by atoms with Gasteiger partial charge in [0.2, 0.25) is 6.41 Å². The Morgan fingerprint density at radius 1 is 1.75 bits per heavy atom. The molecule has 0 aromatic heterocycles. The number of rotatable bonds is 1. The van der Waals surface area contributed by atoms with E-state index in [0.717, 1.165) is 0 Å². The molecule has 0 N–H and O–H groups in total. The average molecular weight is 283 g/mol. The third-order valence-corrected chi connectivity index (χ3v) is 0.273. The first-order valence-electron chi connectivity index (χ1n) is 1.57. The van der Waals surface area contributed by atoms with Crippen molar-refractivity contribution in [1.29, 1.82) is 0 Å². The summed E-state index contributed by atoms with van der Waals surface area (Å²) in [7, 11) is 0. The van der Waals surface area contributed by atoms with Crippen molar-refractivity contribution in [1.82, 2.24) is 0 Å². The van der Waals surface area contributed by atoms with Crippen LogP contribution in [0.4, 0.5) is 0 Å². The Morgan fingerprint density at radius 2 is 2.12 bits per heavy atom. The van der Waals surface area contributed by atoms with Gasteiger partial charge in [-0.1, -0.05) is 6.92 Å². The maximum absolute atomic E-state index is 9.39. The maximum Gasteiger partial charge on any atom is 2.00 e. The summed E-state index contributed by atoms with van der Waals surface area (Å²) >= 11 is 0. The predicted molar refractivity (Wildman–Crippen MR) is 30.9 cm³/mol. The summed E-state index contributed by atoms with van der Waals surface area (Å²) in [4.78, 5) is 12.6. The topological polar surface area (TPSA) is 29.4 Å². The zero-order valence-corrected chi connectivity index (χ0v) is 7.98. The molecule has 0 aromatic rings. The molecule has 0 aliphatic carbocycles. The van der Waals surface area contributed by atoms with Crippen LogP contribution in [-0.4, -0.2) is 12.1 Å². The van der Waals surface area contributed by atoms with Gasteiger partial charge in [0.15, 0.2) is 0 Å². The number of nitrogens with zero attached hydrogens (tertiary/aromatic N) is 1. The molecule has 2 nitrogen and oxygen atoms in total. The van der Waals surface area contributed by atoms with Crippen LogP contribution < -0.4 is 0 Å². The molecule has 0 radical (unpaired) electrons. The average Bonchev–Trinajstić information content (AvgIpc) is 1.35. The van der Waals surface area contributed by atoms with E-state index >= 15 is 0 Å². The Labute approximate surface area is 64.6 Å². The molecule has 0 rings (SSSR count). The molecule has 0 saturated carbocycles. The zero-order valence-electron chi connectivity index (χ0n) is 5.05. The van der Waals surface area contributed by atoms with E-state index in [-0.39, 0.29) is 28.5 Å². The summed E-state index contributed by atoms with van der Waals surface area (Å²) in [6.45, 7) is 5.01. The van der Waals surface area contributed by atoms with E-state index in [1.165, 1.54) is 0 Å². The van der Waals surface area contributed by atoms with Gasteiger partial charge in [-0.25, -0.2) is 0 Å². The van der Waals surface area contributed by atoms with Gasteiger partial charge in [0.05, 0.1) is 0 Å². The first kappa shape index (κ1) is 15.7. The normalized spacial score (nSPS) is 8.38. The number of hydrogen-bond acceptors (Lipinski definition) is 1. The van der Waals surface area contributed by atoms with Gasteiger partial charge >= 0.3 is 21.1 Å². The van der Waals surface area contributed by atoms with Crippen LogP contribution in [0.25, 0.3) is 0 Å². The van der Waals surface area contributed by atoms with Gasteiger partial charge in [-0.3, -0.25) is 9.79 Å². The molecular weight excluding hydrogens is 274 g/mol. The van der Waals surface area contributed by atoms with Crippen LogP contribution in [0, 0.1) is 14.4 Å². The first-order chi connectivity index (χ1) is 2.77. The van der Waals surface area contributed by atoms with Crippen LogP contribution in [0.3, 0.4) is 0 Å². The summed E-state index contributed by atoms with van der Waals surface area (Å²) in [6, 6.07) is 0. The van der Waals surface area contributed by atoms with E-state index < -0.39 is 0 Å². The van der Waals surface area contributed by atoms with E-state index in [0.29, 0.717) is 12.1 Å². The van der Waals surface area contributed by atoms with Crippen LogP contribution >= 0.6 is 0 Å². The summed E-state index contributed by atoms with van der Waals surface area (Å²) in [5, 5.41) is 0. The maximum atomic E-state index is 9.39. The van der Waals surface area contributed by atoms with Crippen molar-refractivity contribution in [2.75, 3.05) is 0 Å². The molecule has 8 heavy (non-hydrogen) atoms. The second-order valence-corrected chi connectivity index (χ2v) is 0.970. The van der Waals surface area contributed by atoms with Crippen LogP contribution in [0.5, 0.6) is 0 Å². The first-order valence-corrected chi connectivity index (χ1v) is 1.57. The molecule has 0 bridgehead atoms. The van der Waals surface area contributed by atoms with Crippen molar-refractivity contribution in [2.24, 2.45) is 4.99 Å². The molecule has 0 spiro atoms. The Hall–Kier alpha value is -0.102. The second kappa shape index (κ2) is 10.0. The number of hydrogen-bond donors (Lipinski definition) is 0. The standard InChI is InChI=1S/C4H6NO.CH3.W/c1-4(2)5-3-6;;/h3H,1H2,2H3;1H3;/q2*-1;+2. The Morgan fingerprint density at radius 3 is 2.12 bits per heavy atom. The van der Waals surface area contributed by atoms with Crippen molar-refractivity contribution in [3.8, 4) is 0 Å². The van der Waals surface area contributed by atoms with Crippen LogP contribution in [-0.2, 0) is 25.9 Å². The molecule has 0 saturated heterocycles. The van der Waals surface area contributed by atoms with Crippen molar-refractivity contribution in [3.05, 3.63) is 14.4 Å². The largest absolute Gasteiger partial charge is 2.00 e. The van der Waals surface area contributed by atoms with Crippen molar-refractivity contribution in [3.63, 3.8) is 0 Å². The van der Waals surface area contributed by atoms with Crippen molar-refractivity contribution in [2.45, 2.75) is 6.92 Å². The Kier molecular flexibility index (Phi) is 19.6. The van der Waals surface area contributed by atoms with Gasteiger partial charge in [0.1, 0.15) is 0 Å². The number of carbonyl (C=O) groups is 1. The quantitative estimate of drug-likeness (QED) is 0.399. The predicted octanol–water partition coefficient (Wildman–Crippen LogP) is 0.886. The van der Waals surface area contributed by atoms with Gasteiger partial charge in [-0.15, -0.1) is 5.71 Å². The Bertz CT molecular complexity index is 76.5. The third-order valence-electron chi connectivity index (χ3n) is 0.273. The van der Waals surface area contributed by atoms with Crippen LogP contribution in [0.15, 0.2) is 4.99 Å². The van der Waals surface area contributed by atoms with E-state index in [4.69, 9.17) is 0 Å².